The zero-order chi connectivity index (χ0) is 18.9. The lowest BCUT2D eigenvalue weighted by Gasteiger charge is -2.27. The Hall–Kier alpha value is -2.35. The molecule has 2 aliphatic rings. The van der Waals surface area contributed by atoms with Gasteiger partial charge in [0.2, 0.25) is 17.7 Å². The Morgan fingerprint density at radius 3 is 2.61 bits per heavy atom. The van der Waals surface area contributed by atoms with Crippen LogP contribution in [0.4, 0.5) is 5.95 Å². The van der Waals surface area contributed by atoms with Gasteiger partial charge in [0.1, 0.15) is 0 Å². The molecule has 1 aromatic carbocycles. The normalized spacial score (nSPS) is 17.2. The standard InChI is InChI=1S/C20H24N6OS/c1-14-5-7-15(8-6-14)18-21-17(27-24-18)13-28-20-23-22-19(26(20)16-9-10-16)25-11-3-2-4-12-25/h5-8,16H,2-4,9-13H2,1H3. The van der Waals surface area contributed by atoms with Crippen LogP contribution >= 0.6 is 11.8 Å². The molecule has 0 radical (unpaired) electrons. The predicted molar refractivity (Wildman–Crippen MR) is 108 cm³/mol. The van der Waals surface area contributed by atoms with Gasteiger partial charge in [-0.15, -0.1) is 10.2 Å². The first-order valence-corrected chi connectivity index (χ1v) is 11.0. The lowest BCUT2D eigenvalue weighted by Crippen LogP contribution is -2.31. The van der Waals surface area contributed by atoms with E-state index in [1.807, 2.05) is 12.1 Å². The first kappa shape index (κ1) is 17.7. The van der Waals surface area contributed by atoms with Crippen molar-refractivity contribution in [3.05, 3.63) is 35.7 Å². The Labute approximate surface area is 168 Å². The smallest absolute Gasteiger partial charge is 0.237 e. The average molecular weight is 397 g/mol. The highest BCUT2D eigenvalue weighted by Crippen LogP contribution is 2.41. The van der Waals surface area contributed by atoms with Crippen molar-refractivity contribution in [2.75, 3.05) is 18.0 Å². The lowest BCUT2D eigenvalue weighted by molar-refractivity contribution is 0.391. The third-order valence-corrected chi connectivity index (χ3v) is 6.23. The molecule has 146 valence electrons. The number of thioether (sulfide) groups is 1. The minimum absolute atomic E-state index is 0.542. The SMILES string of the molecule is Cc1ccc(-c2noc(CSc3nnc(N4CCCCC4)n3C3CC3)n2)cc1. The van der Waals surface area contributed by atoms with Crippen molar-refractivity contribution in [1.29, 1.82) is 0 Å². The van der Waals surface area contributed by atoms with Gasteiger partial charge in [-0.25, -0.2) is 0 Å². The van der Waals surface area contributed by atoms with Crippen LogP contribution in [0.15, 0.2) is 33.9 Å². The van der Waals surface area contributed by atoms with Crippen molar-refractivity contribution in [2.45, 2.75) is 56.0 Å². The van der Waals surface area contributed by atoms with E-state index in [1.54, 1.807) is 11.8 Å². The molecule has 5 rings (SSSR count). The topological polar surface area (TPSA) is 72.9 Å². The molecule has 1 aliphatic heterocycles. The molecule has 1 aliphatic carbocycles. The van der Waals surface area contributed by atoms with Gasteiger partial charge in [-0.2, -0.15) is 4.98 Å². The monoisotopic (exact) mass is 396 g/mol. The summed E-state index contributed by atoms with van der Waals surface area (Å²) in [4.78, 5) is 6.94. The van der Waals surface area contributed by atoms with Gasteiger partial charge in [0.25, 0.3) is 0 Å². The molecule has 3 aromatic rings. The molecule has 0 spiro atoms. The van der Waals surface area contributed by atoms with Crippen molar-refractivity contribution >= 4 is 17.7 Å². The molecule has 2 fully saturated rings. The number of aromatic nitrogens is 5. The van der Waals surface area contributed by atoms with Gasteiger partial charge in [-0.1, -0.05) is 46.7 Å². The van der Waals surface area contributed by atoms with Crippen LogP contribution in [0.2, 0.25) is 0 Å². The fraction of sp³-hybridized carbons (Fsp3) is 0.500. The first-order chi connectivity index (χ1) is 13.8. The van der Waals surface area contributed by atoms with Gasteiger partial charge in [0, 0.05) is 24.7 Å². The second kappa shape index (κ2) is 7.58. The summed E-state index contributed by atoms with van der Waals surface area (Å²) in [6.07, 6.45) is 6.22. The van der Waals surface area contributed by atoms with Crippen molar-refractivity contribution in [2.24, 2.45) is 0 Å². The van der Waals surface area contributed by atoms with Gasteiger partial charge in [-0.3, -0.25) is 4.57 Å². The van der Waals surface area contributed by atoms with E-state index in [-0.39, 0.29) is 0 Å². The highest BCUT2D eigenvalue weighted by atomic mass is 32.2. The Balaban J connectivity index is 1.30. The zero-order valence-corrected chi connectivity index (χ0v) is 16.9. The van der Waals surface area contributed by atoms with Gasteiger partial charge >= 0.3 is 0 Å². The molecule has 0 bridgehead atoms. The van der Waals surface area contributed by atoms with E-state index in [0.717, 1.165) is 29.8 Å². The maximum absolute atomic E-state index is 5.46. The fourth-order valence-electron chi connectivity index (χ4n) is 3.59. The minimum atomic E-state index is 0.542. The maximum Gasteiger partial charge on any atom is 0.237 e. The molecule has 0 atom stereocenters. The van der Waals surface area contributed by atoms with Crippen molar-refractivity contribution < 1.29 is 4.52 Å². The summed E-state index contributed by atoms with van der Waals surface area (Å²) in [5, 5.41) is 14.1. The number of hydrogen-bond donors (Lipinski definition) is 0. The lowest BCUT2D eigenvalue weighted by atomic mass is 10.1. The summed E-state index contributed by atoms with van der Waals surface area (Å²) in [7, 11) is 0. The van der Waals surface area contributed by atoms with E-state index in [0.29, 0.717) is 23.5 Å². The fourth-order valence-corrected chi connectivity index (χ4v) is 4.43. The van der Waals surface area contributed by atoms with E-state index in [4.69, 9.17) is 4.52 Å². The van der Waals surface area contributed by atoms with Gasteiger partial charge < -0.3 is 9.42 Å². The molecule has 28 heavy (non-hydrogen) atoms. The largest absolute Gasteiger partial charge is 0.341 e. The van der Waals surface area contributed by atoms with E-state index < -0.39 is 0 Å². The third-order valence-electron chi connectivity index (χ3n) is 5.30. The summed E-state index contributed by atoms with van der Waals surface area (Å²) in [5.74, 6) is 2.89. The van der Waals surface area contributed by atoms with Gasteiger partial charge in [-0.05, 0) is 39.0 Å². The first-order valence-electron chi connectivity index (χ1n) is 10.0. The van der Waals surface area contributed by atoms with Gasteiger partial charge in [0.15, 0.2) is 5.16 Å². The molecule has 3 heterocycles. The zero-order valence-electron chi connectivity index (χ0n) is 16.0. The quantitative estimate of drug-likeness (QED) is 0.577. The van der Waals surface area contributed by atoms with Crippen LogP contribution < -0.4 is 4.90 Å². The highest BCUT2D eigenvalue weighted by Gasteiger charge is 2.32. The second-order valence-electron chi connectivity index (χ2n) is 7.60. The molecule has 0 amide bonds. The van der Waals surface area contributed by atoms with E-state index in [9.17, 15) is 0 Å². The number of nitrogens with zero attached hydrogens (tertiary/aromatic N) is 6. The number of hydrogen-bond acceptors (Lipinski definition) is 7. The van der Waals surface area contributed by atoms with Crippen molar-refractivity contribution in [3.8, 4) is 11.4 Å². The van der Waals surface area contributed by atoms with Crippen LogP contribution in [-0.4, -0.2) is 38.0 Å². The molecule has 0 unspecified atom stereocenters. The van der Waals surface area contributed by atoms with Crippen LogP contribution in [0.3, 0.4) is 0 Å². The van der Waals surface area contributed by atoms with Crippen LogP contribution in [0.5, 0.6) is 0 Å². The summed E-state index contributed by atoms with van der Waals surface area (Å²) in [6.45, 7) is 4.23. The van der Waals surface area contributed by atoms with E-state index >= 15 is 0 Å². The highest BCUT2D eigenvalue weighted by molar-refractivity contribution is 7.98. The van der Waals surface area contributed by atoms with Crippen LogP contribution in [0.25, 0.3) is 11.4 Å². The molecular weight excluding hydrogens is 372 g/mol. The van der Waals surface area contributed by atoms with Crippen molar-refractivity contribution in [3.63, 3.8) is 0 Å². The van der Waals surface area contributed by atoms with Crippen LogP contribution in [-0.2, 0) is 5.75 Å². The number of aryl methyl sites for hydroxylation is 1. The molecule has 1 saturated carbocycles. The van der Waals surface area contributed by atoms with Crippen molar-refractivity contribution in [1.82, 2.24) is 24.9 Å². The van der Waals surface area contributed by atoms with Gasteiger partial charge in [0.05, 0.1) is 5.75 Å². The third kappa shape index (κ3) is 3.65. The molecule has 0 N–H and O–H groups in total. The summed E-state index contributed by atoms with van der Waals surface area (Å²) >= 11 is 1.63. The summed E-state index contributed by atoms with van der Waals surface area (Å²) in [5.41, 5.74) is 2.19. The molecule has 8 heteroatoms. The Morgan fingerprint density at radius 2 is 1.86 bits per heavy atom. The number of piperidine rings is 1. The van der Waals surface area contributed by atoms with E-state index in [2.05, 4.69) is 48.9 Å². The minimum Gasteiger partial charge on any atom is -0.341 e. The molecule has 1 saturated heterocycles. The second-order valence-corrected chi connectivity index (χ2v) is 8.54. The predicted octanol–water partition coefficient (Wildman–Crippen LogP) is 4.25. The molecular formula is C20H24N6OS. The summed E-state index contributed by atoms with van der Waals surface area (Å²) in [6, 6.07) is 8.69. The Kier molecular flexibility index (Phi) is 4.80. The van der Waals surface area contributed by atoms with Crippen LogP contribution in [0.1, 0.15) is 49.6 Å². The molecule has 2 aromatic heterocycles. The number of rotatable bonds is 6. The Bertz CT molecular complexity index is 940. The Morgan fingerprint density at radius 1 is 1.07 bits per heavy atom. The average Bonchev–Trinajstić information content (AvgIpc) is 3.30. The maximum atomic E-state index is 5.46. The molecule has 7 nitrogen and oxygen atoms in total. The van der Waals surface area contributed by atoms with Crippen LogP contribution in [0, 0.1) is 6.92 Å². The number of anilines is 1. The van der Waals surface area contributed by atoms with E-state index in [1.165, 1.54) is 37.7 Å². The number of benzene rings is 1. The summed E-state index contributed by atoms with van der Waals surface area (Å²) < 4.78 is 7.79.